The first-order valence-corrected chi connectivity index (χ1v) is 12.1. The number of hydrogen-bond donors (Lipinski definition) is 1. The number of fused-ring (bicyclic) bond motifs is 1. The normalized spacial score (nSPS) is 11.4. The van der Waals surface area contributed by atoms with Gasteiger partial charge in [-0.15, -0.1) is 0 Å². The molecule has 0 spiro atoms. The van der Waals surface area contributed by atoms with Crippen molar-refractivity contribution >= 4 is 40.1 Å². The molecule has 1 heterocycles. The first-order chi connectivity index (χ1) is 18.1. The molecule has 0 bridgehead atoms. The Labute approximate surface area is 225 Å². The molecule has 0 saturated heterocycles. The lowest BCUT2D eigenvalue weighted by Crippen LogP contribution is -2.32. The van der Waals surface area contributed by atoms with Gasteiger partial charge in [0.2, 0.25) is 0 Å². The fraction of sp³-hybridized carbons (Fsp3) is 0.185. The van der Waals surface area contributed by atoms with Crippen molar-refractivity contribution in [1.82, 2.24) is 4.73 Å². The molecule has 0 aliphatic rings. The van der Waals surface area contributed by atoms with Crippen LogP contribution >= 0.6 is 23.2 Å². The van der Waals surface area contributed by atoms with Crippen LogP contribution in [0.15, 0.2) is 60.8 Å². The van der Waals surface area contributed by atoms with Crippen LogP contribution in [-0.4, -0.2) is 23.4 Å². The van der Waals surface area contributed by atoms with Crippen LogP contribution in [0, 0.1) is 11.3 Å². The molecule has 0 fully saturated rings. The summed E-state index contributed by atoms with van der Waals surface area (Å²) >= 11 is 12.1. The summed E-state index contributed by atoms with van der Waals surface area (Å²) in [4.78, 5) is 15.9. The molecule has 0 saturated carbocycles. The molecule has 4 aromatic rings. The number of nitrogens with zero attached hydrogens (tertiary/aromatic N) is 2. The zero-order valence-corrected chi connectivity index (χ0v) is 21.2. The van der Waals surface area contributed by atoms with Gasteiger partial charge in [0.25, 0.3) is 0 Å². The minimum absolute atomic E-state index is 0.00170. The average Bonchev–Trinajstić information content (AvgIpc) is 3.23. The van der Waals surface area contributed by atoms with Gasteiger partial charge in [-0.2, -0.15) is 23.2 Å². The van der Waals surface area contributed by atoms with Crippen LogP contribution in [0.1, 0.15) is 27.8 Å². The molecule has 0 atom stereocenters. The molecule has 196 valence electrons. The van der Waals surface area contributed by atoms with Crippen molar-refractivity contribution in [1.29, 1.82) is 5.26 Å². The number of benzene rings is 3. The first-order valence-electron chi connectivity index (χ1n) is 11.3. The first kappa shape index (κ1) is 27.3. The Bertz CT molecular complexity index is 1540. The maximum atomic E-state index is 12.7. The number of halogens is 5. The SMILES string of the molecule is N#Cc1c(Cc2ccc(Cl)c(Cl)c2)ccc(COc2cn(OC(=O)C(F)(F)F)c3ccccc23)c1CCN. The van der Waals surface area contributed by atoms with E-state index in [0.717, 1.165) is 15.9 Å². The van der Waals surface area contributed by atoms with E-state index in [4.69, 9.17) is 33.7 Å². The van der Waals surface area contributed by atoms with E-state index in [2.05, 4.69) is 10.9 Å². The van der Waals surface area contributed by atoms with E-state index < -0.39 is 12.1 Å². The third-order valence-corrected chi connectivity index (χ3v) is 6.56. The van der Waals surface area contributed by atoms with Crippen LogP contribution in [0.2, 0.25) is 10.0 Å². The van der Waals surface area contributed by atoms with Crippen molar-refractivity contribution < 1.29 is 27.5 Å². The molecule has 2 N–H and O–H groups in total. The van der Waals surface area contributed by atoms with Gasteiger partial charge in [0.05, 0.1) is 33.4 Å². The summed E-state index contributed by atoms with van der Waals surface area (Å²) in [6.45, 7) is 0.281. The van der Waals surface area contributed by atoms with Crippen LogP contribution in [-0.2, 0) is 24.2 Å². The highest BCUT2D eigenvalue weighted by atomic mass is 35.5. The molecule has 4 rings (SSSR count). The molecule has 0 aliphatic heterocycles. The van der Waals surface area contributed by atoms with E-state index in [0.29, 0.717) is 45.0 Å². The van der Waals surface area contributed by atoms with Gasteiger partial charge in [0, 0.05) is 5.39 Å². The molecule has 0 unspecified atom stereocenters. The zero-order valence-electron chi connectivity index (χ0n) is 19.7. The van der Waals surface area contributed by atoms with Gasteiger partial charge >= 0.3 is 12.1 Å². The maximum Gasteiger partial charge on any atom is 0.493 e. The van der Waals surface area contributed by atoms with E-state index in [9.17, 15) is 23.2 Å². The number of ether oxygens (including phenoxy) is 1. The summed E-state index contributed by atoms with van der Waals surface area (Å²) in [6, 6.07) is 17.6. The molecule has 1 aromatic heterocycles. The molecule has 3 aromatic carbocycles. The van der Waals surface area contributed by atoms with Crippen molar-refractivity contribution in [3.63, 3.8) is 0 Å². The van der Waals surface area contributed by atoms with Gasteiger partial charge in [-0.25, -0.2) is 4.79 Å². The molecular formula is C27H20Cl2F3N3O3. The third-order valence-electron chi connectivity index (χ3n) is 5.82. The molecule has 0 amide bonds. The average molecular weight is 562 g/mol. The lowest BCUT2D eigenvalue weighted by atomic mass is 9.91. The number of alkyl halides is 3. The van der Waals surface area contributed by atoms with Crippen LogP contribution < -0.4 is 15.3 Å². The Morgan fingerprint density at radius 3 is 2.47 bits per heavy atom. The van der Waals surface area contributed by atoms with Gasteiger partial charge in [-0.3, -0.25) is 0 Å². The second-order valence-corrected chi connectivity index (χ2v) is 9.13. The van der Waals surface area contributed by atoms with Gasteiger partial charge in [-0.1, -0.05) is 53.5 Å². The molecule has 38 heavy (non-hydrogen) atoms. The summed E-state index contributed by atoms with van der Waals surface area (Å²) in [6.07, 6.45) is -3.14. The number of rotatable bonds is 8. The summed E-state index contributed by atoms with van der Waals surface area (Å²) in [7, 11) is 0. The van der Waals surface area contributed by atoms with Gasteiger partial charge in [0.1, 0.15) is 12.4 Å². The van der Waals surface area contributed by atoms with Gasteiger partial charge in [0.15, 0.2) is 0 Å². The summed E-state index contributed by atoms with van der Waals surface area (Å²) < 4.78 is 44.9. The highest BCUT2D eigenvalue weighted by molar-refractivity contribution is 6.42. The Hall–Kier alpha value is -3.71. The molecule has 6 nitrogen and oxygen atoms in total. The fourth-order valence-corrected chi connectivity index (χ4v) is 4.39. The Balaban J connectivity index is 1.64. The second-order valence-electron chi connectivity index (χ2n) is 8.31. The third kappa shape index (κ3) is 5.89. The number of hydrogen-bond acceptors (Lipinski definition) is 5. The second kappa shape index (κ2) is 11.4. The van der Waals surface area contributed by atoms with Crippen molar-refractivity contribution in [3.8, 4) is 11.8 Å². The van der Waals surface area contributed by atoms with Crippen molar-refractivity contribution in [3.05, 3.63) is 98.7 Å². The van der Waals surface area contributed by atoms with Gasteiger partial charge < -0.3 is 15.3 Å². The summed E-state index contributed by atoms with van der Waals surface area (Å²) in [5.41, 5.74) is 9.56. The van der Waals surface area contributed by atoms with Crippen LogP contribution in [0.5, 0.6) is 5.75 Å². The molecule has 0 radical (unpaired) electrons. The van der Waals surface area contributed by atoms with E-state index in [-0.39, 0.29) is 24.4 Å². The van der Waals surface area contributed by atoms with Crippen molar-refractivity contribution in [2.45, 2.75) is 25.6 Å². The Morgan fingerprint density at radius 2 is 1.79 bits per heavy atom. The topological polar surface area (TPSA) is 90.3 Å². The minimum Gasteiger partial charge on any atom is -0.487 e. The molecule has 11 heteroatoms. The number of nitriles is 1. The number of aromatic nitrogens is 1. The highest BCUT2D eigenvalue weighted by Crippen LogP contribution is 2.31. The number of carbonyl (C=O) groups excluding carboxylic acids is 1. The fourth-order valence-electron chi connectivity index (χ4n) is 4.07. The van der Waals surface area contributed by atoms with Crippen LogP contribution in [0.4, 0.5) is 13.2 Å². The van der Waals surface area contributed by atoms with Crippen molar-refractivity contribution in [2.75, 3.05) is 6.54 Å². The van der Waals surface area contributed by atoms with E-state index in [1.165, 1.54) is 12.3 Å². The quantitative estimate of drug-likeness (QED) is 0.284. The maximum absolute atomic E-state index is 12.7. The standard InChI is InChI=1S/C27H20Cl2F3N3O3/c28-22-8-5-16(12-23(22)29)11-17-6-7-18(19(9-10-33)21(17)13-34)15-37-25-14-35(38-26(36)27(30,31)32)24-4-2-1-3-20(24)25/h1-8,12,14H,9-11,15,33H2. The number of nitrogens with two attached hydrogens (primary N) is 1. The monoisotopic (exact) mass is 561 g/mol. The lowest BCUT2D eigenvalue weighted by Gasteiger charge is -2.15. The molecular weight excluding hydrogens is 542 g/mol. The smallest absolute Gasteiger partial charge is 0.487 e. The predicted octanol–water partition coefficient (Wildman–Crippen LogP) is 6.01. The minimum atomic E-state index is -5.16. The van der Waals surface area contributed by atoms with Crippen LogP contribution in [0.25, 0.3) is 10.9 Å². The summed E-state index contributed by atoms with van der Waals surface area (Å²) in [5, 5.41) is 11.3. The largest absolute Gasteiger partial charge is 0.493 e. The highest BCUT2D eigenvalue weighted by Gasteiger charge is 2.42. The summed E-state index contributed by atoms with van der Waals surface area (Å²) in [5.74, 6) is -2.15. The van der Waals surface area contributed by atoms with Crippen molar-refractivity contribution in [2.24, 2.45) is 5.73 Å². The Morgan fingerprint density at radius 1 is 1.05 bits per heavy atom. The Kier molecular flexibility index (Phi) is 8.17. The number of para-hydroxylation sites is 1. The van der Waals surface area contributed by atoms with Gasteiger partial charge in [-0.05, 0) is 65.9 Å². The lowest BCUT2D eigenvalue weighted by molar-refractivity contribution is -0.199. The molecule has 0 aliphatic carbocycles. The predicted molar refractivity (Wildman–Crippen MR) is 137 cm³/mol. The zero-order chi connectivity index (χ0) is 27.4. The van der Waals surface area contributed by atoms with E-state index in [1.54, 1.807) is 30.3 Å². The van der Waals surface area contributed by atoms with E-state index in [1.807, 2.05) is 18.2 Å². The van der Waals surface area contributed by atoms with E-state index >= 15 is 0 Å². The van der Waals surface area contributed by atoms with Crippen LogP contribution in [0.3, 0.4) is 0 Å². The number of carbonyl (C=O) groups is 1.